The van der Waals surface area contributed by atoms with E-state index in [0.29, 0.717) is 6.04 Å². The number of nitrogens with one attached hydrogen (secondary N) is 1. The van der Waals surface area contributed by atoms with Crippen LogP contribution < -0.4 is 5.32 Å². The van der Waals surface area contributed by atoms with Crippen LogP contribution in [0, 0.1) is 13.8 Å². The second-order valence-electron chi connectivity index (χ2n) is 4.80. The quantitative estimate of drug-likeness (QED) is 0.860. The minimum atomic E-state index is 0.418. The molecule has 0 amide bonds. The van der Waals surface area contributed by atoms with Gasteiger partial charge in [0.25, 0.3) is 0 Å². The predicted molar refractivity (Wildman–Crippen MR) is 79.2 cm³/mol. The van der Waals surface area contributed by atoms with Crippen molar-refractivity contribution in [2.24, 2.45) is 0 Å². The third kappa shape index (κ3) is 2.68. The maximum absolute atomic E-state index is 3.60. The van der Waals surface area contributed by atoms with E-state index in [-0.39, 0.29) is 0 Å². The van der Waals surface area contributed by atoms with Gasteiger partial charge in [-0.2, -0.15) is 11.3 Å². The molecule has 2 aromatic rings. The summed E-state index contributed by atoms with van der Waals surface area (Å²) in [5.41, 5.74) is 5.54. The van der Waals surface area contributed by atoms with Gasteiger partial charge < -0.3 is 9.88 Å². The van der Waals surface area contributed by atoms with Crippen LogP contribution in [0.4, 0.5) is 0 Å². The molecule has 2 aromatic heterocycles. The molecule has 0 fully saturated rings. The van der Waals surface area contributed by atoms with E-state index in [9.17, 15) is 0 Å². The zero-order valence-electron chi connectivity index (χ0n) is 11.7. The van der Waals surface area contributed by atoms with Crippen molar-refractivity contribution in [1.29, 1.82) is 0 Å². The van der Waals surface area contributed by atoms with Crippen LogP contribution in [0.5, 0.6) is 0 Å². The maximum Gasteiger partial charge on any atom is 0.0303 e. The number of aryl methyl sites for hydroxylation is 1. The Bertz CT molecular complexity index is 497. The Morgan fingerprint density at radius 3 is 2.72 bits per heavy atom. The smallest absolute Gasteiger partial charge is 0.0303 e. The Hall–Kier alpha value is -1.06. The van der Waals surface area contributed by atoms with E-state index in [0.717, 1.165) is 13.1 Å². The van der Waals surface area contributed by atoms with Crippen LogP contribution in [0.25, 0.3) is 0 Å². The molecule has 0 saturated heterocycles. The summed E-state index contributed by atoms with van der Waals surface area (Å²) >= 11 is 1.76. The Balaban J connectivity index is 2.02. The lowest BCUT2D eigenvalue weighted by molar-refractivity contribution is 0.573. The number of thiophene rings is 1. The van der Waals surface area contributed by atoms with Crippen LogP contribution in [-0.2, 0) is 13.1 Å². The fraction of sp³-hybridized carbons (Fsp3) is 0.467. The summed E-state index contributed by atoms with van der Waals surface area (Å²) in [6, 6.07) is 4.91. The maximum atomic E-state index is 3.60. The van der Waals surface area contributed by atoms with Crippen molar-refractivity contribution >= 4 is 11.3 Å². The molecule has 1 N–H and O–H groups in total. The van der Waals surface area contributed by atoms with Gasteiger partial charge in [0.2, 0.25) is 0 Å². The van der Waals surface area contributed by atoms with Gasteiger partial charge >= 0.3 is 0 Å². The molecule has 18 heavy (non-hydrogen) atoms. The Labute approximate surface area is 114 Å². The number of hydrogen-bond acceptors (Lipinski definition) is 2. The molecule has 2 nitrogen and oxygen atoms in total. The van der Waals surface area contributed by atoms with Gasteiger partial charge in [-0.25, -0.2) is 0 Å². The van der Waals surface area contributed by atoms with Crippen molar-refractivity contribution in [1.82, 2.24) is 9.88 Å². The molecule has 0 bridgehead atoms. The largest absolute Gasteiger partial charge is 0.349 e. The van der Waals surface area contributed by atoms with Crippen molar-refractivity contribution in [2.75, 3.05) is 0 Å². The zero-order chi connectivity index (χ0) is 13.1. The molecule has 0 aliphatic heterocycles. The first kappa shape index (κ1) is 13.4. The Morgan fingerprint density at radius 1 is 1.39 bits per heavy atom. The van der Waals surface area contributed by atoms with Crippen molar-refractivity contribution in [3.8, 4) is 0 Å². The molecule has 0 aromatic carbocycles. The second kappa shape index (κ2) is 5.72. The highest BCUT2D eigenvalue weighted by Gasteiger charge is 2.10. The van der Waals surface area contributed by atoms with E-state index in [1.807, 2.05) is 0 Å². The molecule has 1 unspecified atom stereocenters. The molecule has 0 aliphatic rings. The van der Waals surface area contributed by atoms with Gasteiger partial charge in [-0.15, -0.1) is 0 Å². The summed E-state index contributed by atoms with van der Waals surface area (Å²) in [5.74, 6) is 0. The number of nitrogens with zero attached hydrogens (tertiary/aromatic N) is 1. The monoisotopic (exact) mass is 262 g/mol. The van der Waals surface area contributed by atoms with E-state index >= 15 is 0 Å². The zero-order valence-corrected chi connectivity index (χ0v) is 12.5. The van der Waals surface area contributed by atoms with Crippen LogP contribution in [0.2, 0.25) is 0 Å². The molecular weight excluding hydrogens is 240 g/mol. The van der Waals surface area contributed by atoms with Crippen molar-refractivity contribution in [2.45, 2.75) is 46.8 Å². The van der Waals surface area contributed by atoms with Crippen LogP contribution >= 0.6 is 11.3 Å². The van der Waals surface area contributed by atoms with Crippen LogP contribution in [0.3, 0.4) is 0 Å². The molecule has 0 spiro atoms. The Morgan fingerprint density at radius 2 is 2.17 bits per heavy atom. The van der Waals surface area contributed by atoms with E-state index in [1.54, 1.807) is 11.3 Å². The average Bonchev–Trinajstić information content (AvgIpc) is 2.95. The van der Waals surface area contributed by atoms with E-state index in [4.69, 9.17) is 0 Å². The average molecular weight is 262 g/mol. The molecule has 0 aliphatic carbocycles. The van der Waals surface area contributed by atoms with E-state index < -0.39 is 0 Å². The normalized spacial score (nSPS) is 12.9. The predicted octanol–water partition coefficient (Wildman–Crippen LogP) is 4.04. The summed E-state index contributed by atoms with van der Waals surface area (Å²) < 4.78 is 2.37. The van der Waals surface area contributed by atoms with Crippen molar-refractivity contribution in [3.05, 3.63) is 45.4 Å². The van der Waals surface area contributed by atoms with Gasteiger partial charge in [-0.1, -0.05) is 0 Å². The first-order chi connectivity index (χ1) is 8.63. The molecular formula is C15H22N2S. The molecule has 2 heterocycles. The fourth-order valence-electron chi connectivity index (χ4n) is 2.44. The summed E-state index contributed by atoms with van der Waals surface area (Å²) in [6.07, 6.45) is 0. The minimum absolute atomic E-state index is 0.418. The van der Waals surface area contributed by atoms with Crippen LogP contribution in [0.15, 0.2) is 22.9 Å². The lowest BCUT2D eigenvalue weighted by Gasteiger charge is -2.12. The van der Waals surface area contributed by atoms with Gasteiger partial charge in [-0.3, -0.25) is 0 Å². The first-order valence-corrected chi connectivity index (χ1v) is 7.48. The molecule has 2 rings (SSSR count). The third-order valence-corrected chi connectivity index (χ3v) is 4.34. The van der Waals surface area contributed by atoms with Crippen molar-refractivity contribution < 1.29 is 0 Å². The van der Waals surface area contributed by atoms with Crippen LogP contribution in [0.1, 0.15) is 42.4 Å². The van der Waals surface area contributed by atoms with Gasteiger partial charge in [0.05, 0.1) is 0 Å². The van der Waals surface area contributed by atoms with Gasteiger partial charge in [0.15, 0.2) is 0 Å². The summed E-state index contributed by atoms with van der Waals surface area (Å²) in [5, 5.41) is 7.95. The van der Waals surface area contributed by atoms with E-state index in [1.165, 1.54) is 22.5 Å². The Kier molecular flexibility index (Phi) is 4.25. The minimum Gasteiger partial charge on any atom is -0.349 e. The summed E-state index contributed by atoms with van der Waals surface area (Å²) in [7, 11) is 0. The standard InChI is InChI=1S/C15H22N2S/c1-5-17-11(2)8-15(13(17)4)9-16-12(3)14-6-7-18-10-14/h6-8,10,12,16H,5,9H2,1-4H3. The molecule has 0 radical (unpaired) electrons. The van der Waals surface area contributed by atoms with Crippen molar-refractivity contribution in [3.63, 3.8) is 0 Å². The van der Waals surface area contributed by atoms with E-state index in [2.05, 4.69) is 60.5 Å². The molecule has 1 atom stereocenters. The molecule has 0 saturated carbocycles. The summed E-state index contributed by atoms with van der Waals surface area (Å²) in [4.78, 5) is 0. The van der Waals surface area contributed by atoms with Crippen LogP contribution in [-0.4, -0.2) is 4.57 Å². The fourth-order valence-corrected chi connectivity index (χ4v) is 3.19. The highest BCUT2D eigenvalue weighted by atomic mass is 32.1. The molecule has 98 valence electrons. The SMILES string of the molecule is CCn1c(C)cc(CNC(C)c2ccsc2)c1C. The number of hydrogen-bond donors (Lipinski definition) is 1. The van der Waals surface area contributed by atoms with Gasteiger partial charge in [-0.05, 0) is 61.7 Å². The van der Waals surface area contributed by atoms with Gasteiger partial charge in [0, 0.05) is 30.5 Å². The molecule has 3 heteroatoms. The second-order valence-corrected chi connectivity index (χ2v) is 5.58. The first-order valence-electron chi connectivity index (χ1n) is 6.54. The lowest BCUT2D eigenvalue weighted by atomic mass is 10.1. The third-order valence-electron chi connectivity index (χ3n) is 3.64. The highest BCUT2D eigenvalue weighted by Crippen LogP contribution is 2.18. The lowest BCUT2D eigenvalue weighted by Crippen LogP contribution is -2.18. The number of rotatable bonds is 5. The van der Waals surface area contributed by atoms with Gasteiger partial charge in [0.1, 0.15) is 0 Å². The highest BCUT2D eigenvalue weighted by molar-refractivity contribution is 7.07. The summed E-state index contributed by atoms with van der Waals surface area (Å²) in [6.45, 7) is 10.8. The number of aromatic nitrogens is 1. The topological polar surface area (TPSA) is 17.0 Å².